The largest absolute Gasteiger partial charge is 0.427 e. The molecule has 28 heavy (non-hydrogen) atoms. The molecule has 0 heterocycles. The lowest BCUT2D eigenvalue weighted by molar-refractivity contribution is -0.136. The molecule has 1 unspecified atom stereocenters. The Morgan fingerprint density at radius 1 is 0.786 bits per heavy atom. The molecule has 0 saturated carbocycles. The highest BCUT2D eigenvalue weighted by molar-refractivity contribution is 5.74. The summed E-state index contributed by atoms with van der Waals surface area (Å²) in [6.45, 7) is 6.20. The van der Waals surface area contributed by atoms with Gasteiger partial charge < -0.3 is 9.47 Å². The zero-order valence-corrected chi connectivity index (χ0v) is 17.1. The van der Waals surface area contributed by atoms with Gasteiger partial charge in [0.25, 0.3) is 0 Å². The average Bonchev–Trinajstić information content (AvgIpc) is 2.69. The SMILES string of the molecule is CCCCCC(=O)Oc1ccc(-c2ccc(OC(=O)CC(C)CC)cc2)cc1. The monoisotopic (exact) mass is 382 g/mol. The molecule has 0 spiro atoms. The molecule has 0 aliphatic heterocycles. The Morgan fingerprint density at radius 2 is 1.29 bits per heavy atom. The molecule has 0 aliphatic rings. The van der Waals surface area contributed by atoms with Crippen molar-refractivity contribution in [1.82, 2.24) is 0 Å². The highest BCUT2D eigenvalue weighted by Crippen LogP contribution is 2.25. The third-order valence-corrected chi connectivity index (χ3v) is 4.70. The average molecular weight is 383 g/mol. The maximum Gasteiger partial charge on any atom is 0.311 e. The van der Waals surface area contributed by atoms with Gasteiger partial charge in [-0.15, -0.1) is 0 Å². The fourth-order valence-electron chi connectivity index (χ4n) is 2.73. The highest BCUT2D eigenvalue weighted by atomic mass is 16.5. The van der Waals surface area contributed by atoms with Gasteiger partial charge in [0.05, 0.1) is 0 Å². The van der Waals surface area contributed by atoms with Crippen LogP contribution in [0, 0.1) is 5.92 Å². The molecule has 2 aromatic carbocycles. The molecule has 4 heteroatoms. The normalized spacial score (nSPS) is 11.7. The standard InChI is InChI=1S/C24H30O4/c1-4-6-7-8-23(25)27-21-13-9-19(10-14-21)20-11-15-22(16-12-20)28-24(26)17-18(3)5-2/h9-16,18H,4-8,17H2,1-3H3. The molecule has 0 N–H and O–H groups in total. The van der Waals surface area contributed by atoms with Gasteiger partial charge >= 0.3 is 11.9 Å². The number of rotatable bonds is 10. The molecule has 0 saturated heterocycles. The lowest BCUT2D eigenvalue weighted by atomic mass is 10.1. The van der Waals surface area contributed by atoms with Crippen LogP contribution in [-0.2, 0) is 9.59 Å². The lowest BCUT2D eigenvalue weighted by Gasteiger charge is -2.09. The van der Waals surface area contributed by atoms with Crippen LogP contribution in [-0.4, -0.2) is 11.9 Å². The number of benzene rings is 2. The Morgan fingerprint density at radius 3 is 1.75 bits per heavy atom. The first-order valence-corrected chi connectivity index (χ1v) is 10.1. The molecule has 0 aromatic heterocycles. The van der Waals surface area contributed by atoms with Crippen LogP contribution in [0.25, 0.3) is 11.1 Å². The van der Waals surface area contributed by atoms with Gasteiger partial charge in [0.1, 0.15) is 11.5 Å². The van der Waals surface area contributed by atoms with E-state index in [4.69, 9.17) is 9.47 Å². The number of unbranched alkanes of at least 4 members (excludes halogenated alkanes) is 2. The third kappa shape index (κ3) is 7.18. The summed E-state index contributed by atoms with van der Waals surface area (Å²) in [4.78, 5) is 23.7. The zero-order chi connectivity index (χ0) is 20.4. The summed E-state index contributed by atoms with van der Waals surface area (Å²) in [6, 6.07) is 14.9. The second kappa shape index (κ2) is 11.3. The van der Waals surface area contributed by atoms with E-state index in [0.717, 1.165) is 36.8 Å². The Kier molecular flexibility index (Phi) is 8.73. The van der Waals surface area contributed by atoms with Gasteiger partial charge in [-0.3, -0.25) is 9.59 Å². The predicted molar refractivity (Wildman–Crippen MR) is 111 cm³/mol. The van der Waals surface area contributed by atoms with Crippen molar-refractivity contribution in [2.24, 2.45) is 5.92 Å². The van der Waals surface area contributed by atoms with Crippen molar-refractivity contribution >= 4 is 11.9 Å². The van der Waals surface area contributed by atoms with Crippen LogP contribution < -0.4 is 9.47 Å². The fraction of sp³-hybridized carbons (Fsp3) is 0.417. The van der Waals surface area contributed by atoms with Crippen molar-refractivity contribution in [3.8, 4) is 22.6 Å². The van der Waals surface area contributed by atoms with Gasteiger partial charge in [0.15, 0.2) is 0 Å². The van der Waals surface area contributed by atoms with Crippen LogP contribution in [0.4, 0.5) is 0 Å². The second-order valence-electron chi connectivity index (χ2n) is 7.17. The first-order valence-electron chi connectivity index (χ1n) is 10.1. The summed E-state index contributed by atoms with van der Waals surface area (Å²) >= 11 is 0. The van der Waals surface area contributed by atoms with E-state index in [1.165, 1.54) is 0 Å². The van der Waals surface area contributed by atoms with E-state index in [-0.39, 0.29) is 11.9 Å². The van der Waals surface area contributed by atoms with Crippen LogP contribution in [0.15, 0.2) is 48.5 Å². The molecule has 2 rings (SSSR count). The molecule has 0 amide bonds. The van der Waals surface area contributed by atoms with Crippen LogP contribution in [0.2, 0.25) is 0 Å². The van der Waals surface area contributed by atoms with Gasteiger partial charge in [-0.1, -0.05) is 64.3 Å². The first-order chi connectivity index (χ1) is 13.5. The molecule has 0 radical (unpaired) electrons. The minimum Gasteiger partial charge on any atom is -0.427 e. The number of carbonyl (C=O) groups excluding carboxylic acids is 2. The summed E-state index contributed by atoms with van der Waals surface area (Å²) in [5.41, 5.74) is 2.01. The number of hydrogen-bond acceptors (Lipinski definition) is 4. The van der Waals surface area contributed by atoms with E-state index in [1.54, 1.807) is 24.3 Å². The summed E-state index contributed by atoms with van der Waals surface area (Å²) in [5.74, 6) is 1.04. The van der Waals surface area contributed by atoms with Crippen molar-refractivity contribution in [2.75, 3.05) is 0 Å². The van der Waals surface area contributed by atoms with Gasteiger partial charge in [0.2, 0.25) is 0 Å². The Balaban J connectivity index is 1.91. The molecule has 1 atom stereocenters. The molecule has 150 valence electrons. The molecule has 0 aliphatic carbocycles. The van der Waals surface area contributed by atoms with E-state index in [9.17, 15) is 9.59 Å². The summed E-state index contributed by atoms with van der Waals surface area (Å²) in [7, 11) is 0. The van der Waals surface area contributed by atoms with E-state index in [0.29, 0.717) is 30.3 Å². The molecule has 2 aromatic rings. The van der Waals surface area contributed by atoms with Gasteiger partial charge in [-0.2, -0.15) is 0 Å². The van der Waals surface area contributed by atoms with E-state index >= 15 is 0 Å². The summed E-state index contributed by atoms with van der Waals surface area (Å²) < 4.78 is 10.7. The molecule has 4 nitrogen and oxygen atoms in total. The van der Waals surface area contributed by atoms with Gasteiger partial charge in [0, 0.05) is 12.8 Å². The summed E-state index contributed by atoms with van der Waals surface area (Å²) in [5, 5.41) is 0. The molecule has 0 bridgehead atoms. The molecular weight excluding hydrogens is 352 g/mol. The fourth-order valence-corrected chi connectivity index (χ4v) is 2.73. The predicted octanol–water partition coefficient (Wildman–Crippen LogP) is 6.18. The van der Waals surface area contributed by atoms with Gasteiger partial charge in [-0.25, -0.2) is 0 Å². The van der Waals surface area contributed by atoms with Crippen molar-refractivity contribution in [2.45, 2.75) is 59.3 Å². The van der Waals surface area contributed by atoms with Crippen LogP contribution >= 0.6 is 0 Å². The van der Waals surface area contributed by atoms with Crippen LogP contribution in [0.1, 0.15) is 59.3 Å². The van der Waals surface area contributed by atoms with Crippen molar-refractivity contribution in [3.05, 3.63) is 48.5 Å². The summed E-state index contributed by atoms with van der Waals surface area (Å²) in [6.07, 6.45) is 4.82. The van der Waals surface area contributed by atoms with Crippen LogP contribution in [0.5, 0.6) is 11.5 Å². The highest BCUT2D eigenvalue weighted by Gasteiger charge is 2.10. The molecular formula is C24H30O4. The minimum atomic E-state index is -0.202. The second-order valence-corrected chi connectivity index (χ2v) is 7.17. The van der Waals surface area contributed by atoms with Crippen molar-refractivity contribution in [1.29, 1.82) is 0 Å². The third-order valence-electron chi connectivity index (χ3n) is 4.70. The number of carbonyl (C=O) groups is 2. The van der Waals surface area contributed by atoms with E-state index in [2.05, 4.69) is 13.8 Å². The van der Waals surface area contributed by atoms with Crippen molar-refractivity contribution < 1.29 is 19.1 Å². The maximum atomic E-state index is 11.9. The minimum absolute atomic E-state index is 0.190. The Labute approximate surface area is 167 Å². The first kappa shape index (κ1) is 21.7. The van der Waals surface area contributed by atoms with Crippen LogP contribution in [0.3, 0.4) is 0 Å². The number of ether oxygens (including phenoxy) is 2. The maximum absolute atomic E-state index is 11.9. The van der Waals surface area contributed by atoms with Gasteiger partial charge in [-0.05, 0) is 47.7 Å². The van der Waals surface area contributed by atoms with Crippen molar-refractivity contribution in [3.63, 3.8) is 0 Å². The number of hydrogen-bond donors (Lipinski definition) is 0. The quantitative estimate of drug-likeness (QED) is 0.280. The smallest absolute Gasteiger partial charge is 0.311 e. The lowest BCUT2D eigenvalue weighted by Crippen LogP contribution is -2.11. The zero-order valence-electron chi connectivity index (χ0n) is 17.1. The Bertz CT molecular complexity index is 747. The number of esters is 2. The Hall–Kier alpha value is -2.62. The van der Waals surface area contributed by atoms with E-state index < -0.39 is 0 Å². The molecule has 0 fully saturated rings. The van der Waals surface area contributed by atoms with E-state index in [1.807, 2.05) is 31.2 Å². The topological polar surface area (TPSA) is 52.6 Å².